The minimum atomic E-state index is -0.370. The van der Waals surface area contributed by atoms with Gasteiger partial charge in [-0.3, -0.25) is 10.1 Å². The molecule has 1 aromatic carbocycles. The molecule has 2 rings (SSSR count). The van der Waals surface area contributed by atoms with E-state index in [1.165, 1.54) is 0 Å². The van der Waals surface area contributed by atoms with Crippen LogP contribution in [0, 0.1) is 10.1 Å². The number of non-ortho nitro benzene ring substituents is 1. The van der Waals surface area contributed by atoms with Crippen LogP contribution in [0.3, 0.4) is 0 Å². The Balaban J connectivity index is 2.08. The zero-order valence-corrected chi connectivity index (χ0v) is 11.2. The van der Waals surface area contributed by atoms with Crippen molar-refractivity contribution in [2.75, 3.05) is 24.3 Å². The molecule has 0 aliphatic heterocycles. The third-order valence-corrected chi connectivity index (χ3v) is 3.31. The summed E-state index contributed by atoms with van der Waals surface area (Å²) in [5, 5.41) is 17.3. The van der Waals surface area contributed by atoms with Crippen LogP contribution in [0.2, 0.25) is 0 Å². The summed E-state index contributed by atoms with van der Waals surface area (Å²) in [4.78, 5) is 10.5. The summed E-state index contributed by atoms with van der Waals surface area (Å²) < 4.78 is 5.22. The second-order valence-electron chi connectivity index (χ2n) is 4.73. The smallest absolute Gasteiger partial charge is 0.273 e. The number of anilines is 2. The second-order valence-corrected chi connectivity index (χ2v) is 4.73. The molecule has 1 saturated carbocycles. The maximum absolute atomic E-state index is 10.9. The van der Waals surface area contributed by atoms with Crippen LogP contribution in [0.15, 0.2) is 18.2 Å². The molecule has 104 valence electrons. The number of ether oxygens (including phenoxy) is 1. The summed E-state index contributed by atoms with van der Waals surface area (Å²) >= 11 is 0. The van der Waals surface area contributed by atoms with Crippen molar-refractivity contribution in [1.82, 2.24) is 0 Å². The lowest BCUT2D eigenvalue weighted by atomic mass is 9.89. The predicted octanol–water partition coefficient (Wildman–Crippen LogP) is 2.62. The lowest BCUT2D eigenvalue weighted by Crippen LogP contribution is -2.40. The van der Waals surface area contributed by atoms with E-state index < -0.39 is 0 Å². The number of benzene rings is 1. The van der Waals surface area contributed by atoms with Crippen molar-refractivity contribution in [3.8, 4) is 0 Å². The molecule has 0 radical (unpaired) electrons. The summed E-state index contributed by atoms with van der Waals surface area (Å²) in [6.45, 7) is 2.69. The molecule has 0 spiro atoms. The van der Waals surface area contributed by atoms with Gasteiger partial charge in [0.05, 0.1) is 11.0 Å². The number of nitro groups is 1. The fourth-order valence-electron chi connectivity index (χ4n) is 2.22. The van der Waals surface area contributed by atoms with E-state index in [1.807, 2.05) is 13.0 Å². The van der Waals surface area contributed by atoms with Crippen LogP contribution in [0.5, 0.6) is 0 Å². The van der Waals surface area contributed by atoms with Gasteiger partial charge in [-0.1, -0.05) is 0 Å². The minimum absolute atomic E-state index is 0.101. The van der Waals surface area contributed by atoms with Crippen LogP contribution in [0.1, 0.15) is 19.8 Å². The molecule has 1 fully saturated rings. The van der Waals surface area contributed by atoms with Crippen molar-refractivity contribution >= 4 is 17.1 Å². The van der Waals surface area contributed by atoms with Crippen molar-refractivity contribution in [2.24, 2.45) is 0 Å². The molecule has 1 aromatic rings. The van der Waals surface area contributed by atoms with Gasteiger partial charge >= 0.3 is 0 Å². The predicted molar refractivity (Wildman–Crippen MR) is 74.7 cm³/mol. The van der Waals surface area contributed by atoms with E-state index in [0.717, 1.165) is 30.8 Å². The Morgan fingerprint density at radius 3 is 2.63 bits per heavy atom. The summed E-state index contributed by atoms with van der Waals surface area (Å²) in [5.41, 5.74) is 1.65. The lowest BCUT2D eigenvalue weighted by molar-refractivity contribution is -0.384. The molecule has 0 atom stereocenters. The largest absolute Gasteiger partial charge is 0.385 e. The van der Waals surface area contributed by atoms with Crippen LogP contribution >= 0.6 is 0 Å². The molecule has 2 N–H and O–H groups in total. The molecular weight excluding hydrogens is 246 g/mol. The van der Waals surface area contributed by atoms with Gasteiger partial charge in [-0.25, -0.2) is 0 Å². The van der Waals surface area contributed by atoms with E-state index in [-0.39, 0.29) is 10.6 Å². The van der Waals surface area contributed by atoms with Gasteiger partial charge in [0.25, 0.3) is 5.69 Å². The van der Waals surface area contributed by atoms with Gasteiger partial charge in [0.15, 0.2) is 0 Å². The minimum Gasteiger partial charge on any atom is -0.385 e. The van der Waals surface area contributed by atoms with Crippen LogP contribution in [-0.4, -0.2) is 30.7 Å². The van der Waals surface area contributed by atoms with Crippen molar-refractivity contribution in [2.45, 2.75) is 31.9 Å². The van der Waals surface area contributed by atoms with Crippen LogP contribution in [0.4, 0.5) is 17.1 Å². The van der Waals surface area contributed by atoms with Gasteiger partial charge in [-0.2, -0.15) is 0 Å². The molecule has 0 bridgehead atoms. The number of nitrogens with one attached hydrogen (secondary N) is 2. The highest BCUT2D eigenvalue weighted by Gasteiger charge is 2.29. The van der Waals surface area contributed by atoms with Crippen LogP contribution in [0.25, 0.3) is 0 Å². The average Bonchev–Trinajstić information content (AvgIpc) is 2.33. The quantitative estimate of drug-likeness (QED) is 0.610. The fourth-order valence-corrected chi connectivity index (χ4v) is 2.22. The van der Waals surface area contributed by atoms with Gasteiger partial charge < -0.3 is 15.4 Å². The van der Waals surface area contributed by atoms with Gasteiger partial charge in [-0.15, -0.1) is 0 Å². The molecular formula is C13H19N3O3. The Bertz CT molecular complexity index is 458. The first kappa shape index (κ1) is 13.6. The molecule has 6 heteroatoms. The highest BCUT2D eigenvalue weighted by Crippen LogP contribution is 2.30. The van der Waals surface area contributed by atoms with Gasteiger partial charge in [0, 0.05) is 43.2 Å². The molecule has 0 aromatic heterocycles. The Hall–Kier alpha value is -1.82. The maximum Gasteiger partial charge on any atom is 0.273 e. The molecule has 1 aliphatic rings. The number of rotatable bonds is 6. The number of methoxy groups -OCH3 is 1. The molecule has 0 saturated heterocycles. The van der Waals surface area contributed by atoms with E-state index >= 15 is 0 Å². The SMILES string of the molecule is CCNc1cc(NC2CC(OC)C2)cc([N+](=O)[O-])c1. The third-order valence-electron chi connectivity index (χ3n) is 3.31. The Morgan fingerprint density at radius 1 is 1.37 bits per heavy atom. The van der Waals surface area contributed by atoms with Gasteiger partial charge in [0.2, 0.25) is 0 Å². The normalized spacial score (nSPS) is 21.6. The first-order valence-corrected chi connectivity index (χ1v) is 6.45. The zero-order valence-electron chi connectivity index (χ0n) is 11.2. The fraction of sp³-hybridized carbons (Fsp3) is 0.538. The average molecular weight is 265 g/mol. The van der Waals surface area contributed by atoms with Crippen LogP contribution < -0.4 is 10.6 Å². The van der Waals surface area contributed by atoms with E-state index in [1.54, 1.807) is 19.2 Å². The highest BCUT2D eigenvalue weighted by atomic mass is 16.6. The molecule has 1 aliphatic carbocycles. The number of nitrogens with zero attached hydrogens (tertiary/aromatic N) is 1. The first-order valence-electron chi connectivity index (χ1n) is 6.45. The zero-order chi connectivity index (χ0) is 13.8. The summed E-state index contributed by atoms with van der Waals surface area (Å²) in [7, 11) is 1.71. The standard InChI is InChI=1S/C13H19N3O3/c1-3-14-9-4-10(6-12(5-9)16(17)18)15-11-7-13(8-11)19-2/h4-6,11,13-15H,3,7-8H2,1-2H3. The van der Waals surface area contributed by atoms with Crippen molar-refractivity contribution in [1.29, 1.82) is 0 Å². The topological polar surface area (TPSA) is 76.4 Å². The third kappa shape index (κ3) is 3.35. The van der Waals surface area contributed by atoms with E-state index in [4.69, 9.17) is 4.74 Å². The van der Waals surface area contributed by atoms with Crippen molar-refractivity contribution in [3.05, 3.63) is 28.3 Å². The van der Waals surface area contributed by atoms with Gasteiger partial charge in [0.1, 0.15) is 0 Å². The summed E-state index contributed by atoms with van der Waals surface area (Å²) in [6.07, 6.45) is 2.19. The Kier molecular flexibility index (Phi) is 4.21. The van der Waals surface area contributed by atoms with Crippen LogP contribution in [-0.2, 0) is 4.74 Å². The molecule has 0 amide bonds. The maximum atomic E-state index is 10.9. The summed E-state index contributed by atoms with van der Waals surface area (Å²) in [5.74, 6) is 0. The molecule has 19 heavy (non-hydrogen) atoms. The van der Waals surface area contributed by atoms with E-state index in [2.05, 4.69) is 10.6 Å². The monoisotopic (exact) mass is 265 g/mol. The van der Waals surface area contributed by atoms with Crippen molar-refractivity contribution < 1.29 is 9.66 Å². The number of hydrogen-bond acceptors (Lipinski definition) is 5. The first-order chi connectivity index (χ1) is 9.12. The Morgan fingerprint density at radius 2 is 2.05 bits per heavy atom. The second kappa shape index (κ2) is 5.88. The molecule has 0 heterocycles. The summed E-state index contributed by atoms with van der Waals surface area (Å²) in [6, 6.07) is 5.35. The molecule has 0 unspecified atom stereocenters. The number of hydrogen-bond donors (Lipinski definition) is 2. The number of nitro benzene ring substituents is 1. The van der Waals surface area contributed by atoms with E-state index in [9.17, 15) is 10.1 Å². The van der Waals surface area contributed by atoms with Crippen molar-refractivity contribution in [3.63, 3.8) is 0 Å². The van der Waals surface area contributed by atoms with E-state index in [0.29, 0.717) is 12.1 Å². The molecule has 6 nitrogen and oxygen atoms in total. The Labute approximate surface area is 112 Å². The highest BCUT2D eigenvalue weighted by molar-refractivity contribution is 5.63. The lowest BCUT2D eigenvalue weighted by Gasteiger charge is -2.35. The van der Waals surface area contributed by atoms with Gasteiger partial charge in [-0.05, 0) is 25.8 Å².